The molecule has 2 aromatic rings. The van der Waals surface area contributed by atoms with Crippen molar-refractivity contribution < 1.29 is 4.79 Å². The van der Waals surface area contributed by atoms with E-state index in [9.17, 15) is 4.79 Å². The molecule has 0 saturated heterocycles. The van der Waals surface area contributed by atoms with Crippen molar-refractivity contribution >= 4 is 5.78 Å². The van der Waals surface area contributed by atoms with Crippen LogP contribution in [0.3, 0.4) is 0 Å². The predicted molar refractivity (Wildman–Crippen MR) is 65.5 cm³/mol. The van der Waals surface area contributed by atoms with Gasteiger partial charge in [-0.1, -0.05) is 13.8 Å². The van der Waals surface area contributed by atoms with Gasteiger partial charge in [-0.25, -0.2) is 9.67 Å². The largest absolute Gasteiger partial charge is 0.294 e. The third-order valence-corrected chi connectivity index (χ3v) is 2.59. The smallest absolute Gasteiger partial charge is 0.161 e. The van der Waals surface area contributed by atoms with E-state index in [1.807, 2.05) is 12.3 Å². The molecule has 4 heteroatoms. The number of aromatic nitrogens is 3. The van der Waals surface area contributed by atoms with Crippen LogP contribution < -0.4 is 0 Å². The minimum Gasteiger partial charge on any atom is -0.294 e. The Bertz CT molecular complexity index is 526. The molecule has 0 aliphatic rings. The lowest BCUT2D eigenvalue weighted by atomic mass is 10.1. The normalized spacial score (nSPS) is 10.8. The summed E-state index contributed by atoms with van der Waals surface area (Å²) in [4.78, 5) is 15.3. The van der Waals surface area contributed by atoms with Crippen LogP contribution in [0.15, 0.2) is 30.6 Å². The Labute approximate surface area is 100 Å². The van der Waals surface area contributed by atoms with Crippen molar-refractivity contribution in [3.63, 3.8) is 0 Å². The lowest BCUT2D eigenvalue weighted by Crippen LogP contribution is -2.01. The Kier molecular flexibility index (Phi) is 3.04. The lowest BCUT2D eigenvalue weighted by molar-refractivity contribution is 0.101. The first kappa shape index (κ1) is 11.5. The predicted octanol–water partition coefficient (Wildman–Crippen LogP) is 2.59. The Morgan fingerprint density at radius 1 is 1.29 bits per heavy atom. The standard InChI is InChI=1S/C13H15N3O/c1-9(2)12-6-7-16(15-12)13-5-4-11(8-14-13)10(3)17/h4-9H,1-3H3. The Hall–Kier alpha value is -1.97. The van der Waals surface area contributed by atoms with Crippen LogP contribution in [0.25, 0.3) is 5.82 Å². The van der Waals surface area contributed by atoms with Crippen LogP contribution in [0.4, 0.5) is 0 Å². The van der Waals surface area contributed by atoms with Gasteiger partial charge in [0.15, 0.2) is 11.6 Å². The number of hydrogen-bond donors (Lipinski definition) is 0. The fourth-order valence-corrected chi connectivity index (χ4v) is 1.50. The zero-order valence-electron chi connectivity index (χ0n) is 10.2. The molecule has 2 rings (SSSR count). The van der Waals surface area contributed by atoms with Crippen molar-refractivity contribution in [1.29, 1.82) is 0 Å². The van der Waals surface area contributed by atoms with Crippen molar-refractivity contribution in [2.75, 3.05) is 0 Å². The zero-order chi connectivity index (χ0) is 12.4. The highest BCUT2D eigenvalue weighted by molar-refractivity contribution is 5.93. The van der Waals surface area contributed by atoms with Crippen LogP contribution in [0.2, 0.25) is 0 Å². The van der Waals surface area contributed by atoms with Gasteiger partial charge in [0, 0.05) is 18.0 Å². The van der Waals surface area contributed by atoms with Gasteiger partial charge in [0.05, 0.1) is 5.69 Å². The van der Waals surface area contributed by atoms with E-state index in [4.69, 9.17) is 0 Å². The van der Waals surface area contributed by atoms with Gasteiger partial charge in [0.1, 0.15) is 0 Å². The molecular formula is C13H15N3O. The third kappa shape index (κ3) is 2.41. The molecule has 0 aliphatic carbocycles. The molecule has 2 heterocycles. The van der Waals surface area contributed by atoms with E-state index in [1.165, 1.54) is 6.92 Å². The van der Waals surface area contributed by atoms with Crippen LogP contribution in [-0.4, -0.2) is 20.5 Å². The summed E-state index contributed by atoms with van der Waals surface area (Å²) in [7, 11) is 0. The Balaban J connectivity index is 2.30. The molecule has 0 aliphatic heterocycles. The molecule has 0 bridgehead atoms. The topological polar surface area (TPSA) is 47.8 Å². The molecule has 88 valence electrons. The summed E-state index contributed by atoms with van der Waals surface area (Å²) >= 11 is 0. The highest BCUT2D eigenvalue weighted by Gasteiger charge is 2.06. The van der Waals surface area contributed by atoms with Gasteiger partial charge in [-0.3, -0.25) is 4.79 Å². The van der Waals surface area contributed by atoms with Crippen LogP contribution in [-0.2, 0) is 0 Å². The summed E-state index contributed by atoms with van der Waals surface area (Å²) in [5.41, 5.74) is 1.65. The van der Waals surface area contributed by atoms with Gasteiger partial charge >= 0.3 is 0 Å². The van der Waals surface area contributed by atoms with Gasteiger partial charge in [0.2, 0.25) is 0 Å². The second-order valence-corrected chi connectivity index (χ2v) is 4.30. The highest BCUT2D eigenvalue weighted by atomic mass is 16.1. The molecule has 2 aromatic heterocycles. The maximum absolute atomic E-state index is 11.1. The van der Waals surface area contributed by atoms with Crippen LogP contribution in [0.1, 0.15) is 42.7 Å². The third-order valence-electron chi connectivity index (χ3n) is 2.59. The second-order valence-electron chi connectivity index (χ2n) is 4.30. The molecule has 0 amide bonds. The van der Waals surface area contributed by atoms with E-state index in [-0.39, 0.29) is 5.78 Å². The first-order valence-corrected chi connectivity index (χ1v) is 5.61. The summed E-state index contributed by atoms with van der Waals surface area (Å²) in [6.07, 6.45) is 3.46. The summed E-state index contributed by atoms with van der Waals surface area (Å²) in [5.74, 6) is 1.14. The van der Waals surface area contributed by atoms with E-state index >= 15 is 0 Å². The molecule has 0 saturated carbocycles. The van der Waals surface area contributed by atoms with E-state index < -0.39 is 0 Å². The molecule has 0 atom stereocenters. The SMILES string of the molecule is CC(=O)c1ccc(-n2ccc(C(C)C)n2)nc1. The van der Waals surface area contributed by atoms with Crippen LogP contribution >= 0.6 is 0 Å². The summed E-state index contributed by atoms with van der Waals surface area (Å²) in [6, 6.07) is 5.54. The van der Waals surface area contributed by atoms with Crippen molar-refractivity contribution in [1.82, 2.24) is 14.8 Å². The molecule has 0 radical (unpaired) electrons. The second kappa shape index (κ2) is 4.49. The molecule has 17 heavy (non-hydrogen) atoms. The van der Waals surface area contributed by atoms with Crippen LogP contribution in [0, 0.1) is 0 Å². The first-order chi connectivity index (χ1) is 8.08. The van der Waals surface area contributed by atoms with Crippen molar-refractivity contribution in [3.05, 3.63) is 41.9 Å². The molecule has 0 spiro atoms. The zero-order valence-corrected chi connectivity index (χ0v) is 10.2. The summed E-state index contributed by atoms with van der Waals surface area (Å²) < 4.78 is 1.72. The molecule has 0 fully saturated rings. The fourth-order valence-electron chi connectivity index (χ4n) is 1.50. The first-order valence-electron chi connectivity index (χ1n) is 5.61. The molecule has 0 N–H and O–H groups in total. The van der Waals surface area contributed by atoms with Gasteiger partial charge in [0.25, 0.3) is 0 Å². The van der Waals surface area contributed by atoms with Gasteiger partial charge in [-0.2, -0.15) is 5.10 Å². The minimum absolute atomic E-state index is 0.0207. The van der Waals surface area contributed by atoms with Gasteiger partial charge in [-0.05, 0) is 31.0 Å². The van der Waals surface area contributed by atoms with Crippen molar-refractivity contribution in [2.45, 2.75) is 26.7 Å². The van der Waals surface area contributed by atoms with E-state index in [1.54, 1.807) is 23.0 Å². The van der Waals surface area contributed by atoms with Gasteiger partial charge < -0.3 is 0 Å². The number of hydrogen-bond acceptors (Lipinski definition) is 3. The minimum atomic E-state index is 0.0207. The monoisotopic (exact) mass is 229 g/mol. The molecule has 4 nitrogen and oxygen atoms in total. The van der Waals surface area contributed by atoms with E-state index in [0.29, 0.717) is 11.5 Å². The Morgan fingerprint density at radius 3 is 2.53 bits per heavy atom. The van der Waals surface area contributed by atoms with Crippen LogP contribution in [0.5, 0.6) is 0 Å². The van der Waals surface area contributed by atoms with Crippen molar-refractivity contribution in [3.8, 4) is 5.82 Å². The van der Waals surface area contributed by atoms with E-state index in [0.717, 1.165) is 11.5 Å². The molecule has 0 aromatic carbocycles. The summed E-state index contributed by atoms with van der Waals surface area (Å²) in [5, 5.41) is 4.42. The maximum atomic E-state index is 11.1. The lowest BCUT2D eigenvalue weighted by Gasteiger charge is -2.02. The summed E-state index contributed by atoms with van der Waals surface area (Å²) in [6.45, 7) is 5.72. The quantitative estimate of drug-likeness (QED) is 0.760. The highest BCUT2D eigenvalue weighted by Crippen LogP contribution is 2.13. The number of Topliss-reactive ketones (excluding diaryl/α,β-unsaturated/α-hetero) is 1. The van der Waals surface area contributed by atoms with Gasteiger partial charge in [-0.15, -0.1) is 0 Å². The molecular weight excluding hydrogens is 214 g/mol. The average Bonchev–Trinajstić information content (AvgIpc) is 2.78. The Morgan fingerprint density at radius 2 is 2.06 bits per heavy atom. The number of ketones is 1. The van der Waals surface area contributed by atoms with E-state index in [2.05, 4.69) is 23.9 Å². The van der Waals surface area contributed by atoms with Crippen molar-refractivity contribution in [2.24, 2.45) is 0 Å². The average molecular weight is 229 g/mol. The molecule has 0 unspecified atom stereocenters. The number of pyridine rings is 1. The maximum Gasteiger partial charge on any atom is 0.161 e. The number of carbonyl (C=O) groups is 1. The number of carbonyl (C=O) groups excluding carboxylic acids is 1. The number of nitrogens with zero attached hydrogens (tertiary/aromatic N) is 3. The fraction of sp³-hybridized carbons (Fsp3) is 0.308. The number of rotatable bonds is 3.